The summed E-state index contributed by atoms with van der Waals surface area (Å²) in [5.74, 6) is 0. The molecular formula is C9H10ClN3OS. The minimum atomic E-state index is -0.286. The lowest BCUT2D eigenvalue weighted by molar-refractivity contribution is 0.0266. The zero-order valence-corrected chi connectivity index (χ0v) is 9.59. The largest absolute Gasteiger partial charge is 0.379 e. The van der Waals surface area contributed by atoms with E-state index in [-0.39, 0.29) is 6.04 Å². The van der Waals surface area contributed by atoms with Crippen LogP contribution in [-0.2, 0) is 4.74 Å². The molecule has 1 aliphatic rings. The van der Waals surface area contributed by atoms with Crippen molar-refractivity contribution in [3.8, 4) is 6.07 Å². The van der Waals surface area contributed by atoms with Crippen molar-refractivity contribution < 1.29 is 4.74 Å². The van der Waals surface area contributed by atoms with E-state index >= 15 is 0 Å². The van der Waals surface area contributed by atoms with Crippen molar-refractivity contribution in [2.75, 3.05) is 26.3 Å². The summed E-state index contributed by atoms with van der Waals surface area (Å²) in [6.07, 6.45) is 1.59. The van der Waals surface area contributed by atoms with Crippen molar-refractivity contribution >= 4 is 22.9 Å². The zero-order valence-electron chi connectivity index (χ0n) is 8.02. The van der Waals surface area contributed by atoms with Gasteiger partial charge >= 0.3 is 0 Å². The summed E-state index contributed by atoms with van der Waals surface area (Å²) in [6, 6.07) is 1.98. The van der Waals surface area contributed by atoms with Gasteiger partial charge in [-0.2, -0.15) is 5.26 Å². The number of halogens is 1. The number of aromatic nitrogens is 1. The lowest BCUT2D eigenvalue weighted by atomic mass is 10.2. The molecule has 2 heterocycles. The lowest BCUT2D eigenvalue weighted by Gasteiger charge is -2.29. The zero-order chi connectivity index (χ0) is 10.7. The van der Waals surface area contributed by atoms with Crippen molar-refractivity contribution in [1.82, 2.24) is 9.88 Å². The lowest BCUT2D eigenvalue weighted by Crippen LogP contribution is -2.38. The monoisotopic (exact) mass is 243 g/mol. The number of rotatable bonds is 2. The fourth-order valence-electron chi connectivity index (χ4n) is 1.52. The van der Waals surface area contributed by atoms with Gasteiger partial charge in [-0.15, -0.1) is 11.3 Å². The number of nitrogens with zero attached hydrogens (tertiary/aromatic N) is 3. The summed E-state index contributed by atoms with van der Waals surface area (Å²) >= 11 is 7.17. The summed E-state index contributed by atoms with van der Waals surface area (Å²) in [5, 5.41) is 9.90. The normalized spacial score (nSPS) is 19.7. The molecule has 1 fully saturated rings. The highest BCUT2D eigenvalue weighted by Gasteiger charge is 2.24. The predicted molar refractivity (Wildman–Crippen MR) is 57.9 cm³/mol. The Bertz CT molecular complexity index is 370. The third kappa shape index (κ3) is 2.47. The van der Waals surface area contributed by atoms with Gasteiger partial charge in [-0.3, -0.25) is 4.90 Å². The van der Waals surface area contributed by atoms with Crippen LogP contribution in [0.25, 0.3) is 0 Å². The summed E-state index contributed by atoms with van der Waals surface area (Å²) in [5.41, 5.74) is 0. The highest BCUT2D eigenvalue weighted by molar-refractivity contribution is 7.15. The molecule has 0 aromatic carbocycles. The van der Waals surface area contributed by atoms with Gasteiger partial charge in [0.2, 0.25) is 0 Å². The van der Waals surface area contributed by atoms with Crippen LogP contribution in [0.15, 0.2) is 6.20 Å². The fourth-order valence-corrected chi connectivity index (χ4v) is 2.53. The first kappa shape index (κ1) is 10.8. The summed E-state index contributed by atoms with van der Waals surface area (Å²) in [6.45, 7) is 2.90. The number of nitriles is 1. The van der Waals surface area contributed by atoms with E-state index in [0.29, 0.717) is 17.6 Å². The average molecular weight is 244 g/mol. The minimum Gasteiger partial charge on any atom is -0.379 e. The van der Waals surface area contributed by atoms with Crippen LogP contribution < -0.4 is 0 Å². The molecule has 1 aliphatic heterocycles. The molecule has 0 bridgehead atoms. The van der Waals surface area contributed by atoms with Crippen molar-refractivity contribution in [3.63, 3.8) is 0 Å². The van der Waals surface area contributed by atoms with Gasteiger partial charge in [0.15, 0.2) is 6.04 Å². The molecule has 0 aliphatic carbocycles. The van der Waals surface area contributed by atoms with E-state index in [9.17, 15) is 0 Å². The van der Waals surface area contributed by atoms with E-state index in [2.05, 4.69) is 16.0 Å². The van der Waals surface area contributed by atoms with Gasteiger partial charge in [-0.05, 0) is 0 Å². The van der Waals surface area contributed by atoms with Crippen LogP contribution in [-0.4, -0.2) is 36.2 Å². The topological polar surface area (TPSA) is 49.2 Å². The second-order valence-electron chi connectivity index (χ2n) is 3.18. The average Bonchev–Trinajstić information content (AvgIpc) is 2.68. The van der Waals surface area contributed by atoms with Crippen molar-refractivity contribution in [3.05, 3.63) is 15.5 Å². The quantitative estimate of drug-likeness (QED) is 0.793. The molecule has 0 N–H and O–H groups in total. The molecule has 1 saturated heterocycles. The number of hydrogen-bond acceptors (Lipinski definition) is 5. The first-order chi connectivity index (χ1) is 7.31. The van der Waals surface area contributed by atoms with Gasteiger partial charge in [0.25, 0.3) is 0 Å². The molecule has 0 amide bonds. The molecule has 6 heteroatoms. The van der Waals surface area contributed by atoms with Gasteiger partial charge in [-0.1, -0.05) is 11.6 Å². The summed E-state index contributed by atoms with van der Waals surface area (Å²) in [4.78, 5) is 6.21. The molecule has 0 radical (unpaired) electrons. The Morgan fingerprint density at radius 1 is 1.60 bits per heavy atom. The number of hydrogen-bond donors (Lipinski definition) is 0. The second kappa shape index (κ2) is 4.90. The van der Waals surface area contributed by atoms with E-state index in [0.717, 1.165) is 18.1 Å². The van der Waals surface area contributed by atoms with Gasteiger partial charge < -0.3 is 4.74 Å². The van der Waals surface area contributed by atoms with Gasteiger partial charge in [0, 0.05) is 13.1 Å². The molecule has 0 spiro atoms. The van der Waals surface area contributed by atoms with Crippen LogP contribution in [0.2, 0.25) is 4.34 Å². The molecular weight excluding hydrogens is 234 g/mol. The van der Waals surface area contributed by atoms with Crippen LogP contribution in [0.1, 0.15) is 11.0 Å². The van der Waals surface area contributed by atoms with Crippen LogP contribution >= 0.6 is 22.9 Å². The Labute approximate surface area is 97.0 Å². The fraction of sp³-hybridized carbons (Fsp3) is 0.556. The minimum absolute atomic E-state index is 0.286. The van der Waals surface area contributed by atoms with E-state index in [4.69, 9.17) is 21.6 Å². The maximum absolute atomic E-state index is 9.13. The Balaban J connectivity index is 2.13. The number of ether oxygens (including phenoxy) is 1. The van der Waals surface area contributed by atoms with E-state index < -0.39 is 0 Å². The Morgan fingerprint density at radius 2 is 2.33 bits per heavy atom. The SMILES string of the molecule is N#CC(c1ncc(Cl)s1)N1CCOCC1. The van der Waals surface area contributed by atoms with Crippen LogP contribution in [0, 0.1) is 11.3 Å². The number of thiazole rings is 1. The van der Waals surface area contributed by atoms with Crippen LogP contribution in [0.5, 0.6) is 0 Å². The molecule has 1 aromatic rings. The summed E-state index contributed by atoms with van der Waals surface area (Å²) in [7, 11) is 0. The van der Waals surface area contributed by atoms with Crippen LogP contribution in [0.3, 0.4) is 0 Å². The van der Waals surface area contributed by atoms with Crippen molar-refractivity contribution in [2.45, 2.75) is 6.04 Å². The molecule has 1 atom stereocenters. The van der Waals surface area contributed by atoms with Crippen molar-refractivity contribution in [2.24, 2.45) is 0 Å². The third-order valence-electron chi connectivity index (χ3n) is 2.26. The molecule has 0 saturated carbocycles. The third-order valence-corrected chi connectivity index (χ3v) is 3.43. The molecule has 1 unspecified atom stereocenters. The highest BCUT2D eigenvalue weighted by atomic mass is 35.5. The van der Waals surface area contributed by atoms with Gasteiger partial charge in [-0.25, -0.2) is 4.98 Å². The molecule has 15 heavy (non-hydrogen) atoms. The molecule has 2 rings (SSSR count). The predicted octanol–water partition coefficient (Wildman–Crippen LogP) is 1.69. The highest BCUT2D eigenvalue weighted by Crippen LogP contribution is 2.27. The van der Waals surface area contributed by atoms with Gasteiger partial charge in [0.1, 0.15) is 9.34 Å². The smallest absolute Gasteiger partial charge is 0.150 e. The number of morpholine rings is 1. The van der Waals surface area contributed by atoms with Crippen LogP contribution in [0.4, 0.5) is 0 Å². The summed E-state index contributed by atoms with van der Waals surface area (Å²) < 4.78 is 5.86. The molecule has 80 valence electrons. The Morgan fingerprint density at radius 3 is 2.87 bits per heavy atom. The van der Waals surface area contributed by atoms with E-state index in [1.807, 2.05) is 0 Å². The second-order valence-corrected chi connectivity index (χ2v) is 4.88. The standard InChI is InChI=1S/C9H10ClN3OS/c10-8-6-12-9(15-8)7(5-11)13-1-3-14-4-2-13/h6-7H,1-4H2. The Kier molecular flexibility index (Phi) is 3.54. The van der Waals surface area contributed by atoms with Gasteiger partial charge in [0.05, 0.1) is 25.5 Å². The van der Waals surface area contributed by atoms with E-state index in [1.165, 1.54) is 11.3 Å². The first-order valence-corrected chi connectivity index (χ1v) is 5.83. The van der Waals surface area contributed by atoms with E-state index in [1.54, 1.807) is 6.20 Å². The molecule has 4 nitrogen and oxygen atoms in total. The first-order valence-electron chi connectivity index (χ1n) is 4.64. The Hall–Kier alpha value is -0.670. The molecule has 1 aromatic heterocycles. The maximum atomic E-state index is 9.13. The maximum Gasteiger partial charge on any atom is 0.150 e. The van der Waals surface area contributed by atoms with Crippen molar-refractivity contribution in [1.29, 1.82) is 5.26 Å².